The van der Waals surface area contributed by atoms with Crippen LogP contribution in [0.3, 0.4) is 0 Å². The summed E-state index contributed by atoms with van der Waals surface area (Å²) in [5, 5.41) is 2.65. The first kappa shape index (κ1) is 9.95. The molecule has 1 rings (SSSR count). The minimum atomic E-state index is -2.91. The van der Waals surface area contributed by atoms with Crippen molar-refractivity contribution >= 4 is 9.84 Å². The van der Waals surface area contributed by atoms with Crippen LogP contribution in [0.5, 0.6) is 0 Å². The van der Waals surface area contributed by atoms with Gasteiger partial charge < -0.3 is 4.90 Å². The Balaban J connectivity index is 2.63. The number of rotatable bonds is 2. The Labute approximate surface area is 73.9 Å². The van der Waals surface area contributed by atoms with Gasteiger partial charge in [0.1, 0.15) is 5.37 Å². The highest BCUT2D eigenvalue weighted by atomic mass is 32.2. The van der Waals surface area contributed by atoms with Crippen molar-refractivity contribution in [1.29, 1.82) is 0 Å². The lowest BCUT2D eigenvalue weighted by Crippen LogP contribution is -2.53. The van der Waals surface area contributed by atoms with Crippen LogP contribution >= 0.6 is 0 Å². The molecule has 5 heteroatoms. The summed E-state index contributed by atoms with van der Waals surface area (Å²) in [5.41, 5.74) is 0. The van der Waals surface area contributed by atoms with Crippen molar-refractivity contribution in [2.24, 2.45) is 0 Å². The maximum Gasteiger partial charge on any atom is 0.167 e. The lowest BCUT2D eigenvalue weighted by molar-refractivity contribution is 0.272. The summed E-state index contributed by atoms with van der Waals surface area (Å²) in [7, 11) is -0.963. The maximum atomic E-state index is 11.4. The van der Waals surface area contributed by atoms with Gasteiger partial charge in [-0.3, -0.25) is 5.32 Å². The Bertz CT molecular complexity index is 238. The van der Waals surface area contributed by atoms with Crippen LogP contribution in [0.25, 0.3) is 0 Å². The first-order valence-corrected chi connectivity index (χ1v) is 5.91. The van der Waals surface area contributed by atoms with Crippen LogP contribution in [0, 0.1) is 0 Å². The fourth-order valence-electron chi connectivity index (χ4n) is 1.30. The van der Waals surface area contributed by atoms with Crippen molar-refractivity contribution in [2.75, 3.05) is 32.4 Å². The molecule has 0 radical (unpaired) electrons. The first-order chi connectivity index (χ1) is 5.56. The number of hydrogen-bond donors (Lipinski definition) is 1. The molecule has 1 atom stereocenters. The van der Waals surface area contributed by atoms with Gasteiger partial charge in [-0.2, -0.15) is 0 Å². The molecule has 0 spiro atoms. The summed E-state index contributed by atoms with van der Waals surface area (Å²) in [6, 6.07) is 0. The fraction of sp³-hybridized carbons (Fsp3) is 1.00. The summed E-state index contributed by atoms with van der Waals surface area (Å²) in [4.78, 5) is 2.04. The SMILES string of the molecule is CCS(=O)(=O)C1CN(C)CCN1. The lowest BCUT2D eigenvalue weighted by Gasteiger charge is -2.30. The number of likely N-dealkylation sites (N-methyl/N-ethyl adjacent to an activating group) is 1. The molecular formula is C7H16N2O2S. The molecule has 0 bridgehead atoms. The molecule has 12 heavy (non-hydrogen) atoms. The van der Waals surface area contributed by atoms with Gasteiger partial charge in [0.15, 0.2) is 9.84 Å². The van der Waals surface area contributed by atoms with E-state index in [1.165, 1.54) is 0 Å². The molecule has 0 amide bonds. The van der Waals surface area contributed by atoms with Crippen LogP contribution in [0.4, 0.5) is 0 Å². The van der Waals surface area contributed by atoms with Crippen molar-refractivity contribution in [3.63, 3.8) is 0 Å². The largest absolute Gasteiger partial charge is 0.303 e. The summed E-state index contributed by atoms with van der Waals surface area (Å²) in [6.07, 6.45) is 0. The highest BCUT2D eigenvalue weighted by molar-refractivity contribution is 7.91. The second-order valence-corrected chi connectivity index (χ2v) is 5.63. The van der Waals surface area contributed by atoms with E-state index >= 15 is 0 Å². The van der Waals surface area contributed by atoms with Crippen LogP contribution in [0.15, 0.2) is 0 Å². The van der Waals surface area contributed by atoms with E-state index in [9.17, 15) is 8.42 Å². The molecule has 0 saturated carbocycles. The normalized spacial score (nSPS) is 27.3. The van der Waals surface area contributed by atoms with Crippen molar-refractivity contribution in [3.05, 3.63) is 0 Å². The molecule has 0 aromatic carbocycles. The monoisotopic (exact) mass is 192 g/mol. The third kappa shape index (κ3) is 2.18. The molecule has 1 fully saturated rings. The van der Waals surface area contributed by atoms with Crippen LogP contribution in [-0.2, 0) is 9.84 Å². The minimum Gasteiger partial charge on any atom is -0.303 e. The van der Waals surface area contributed by atoms with Gasteiger partial charge >= 0.3 is 0 Å². The number of hydrogen-bond acceptors (Lipinski definition) is 4. The van der Waals surface area contributed by atoms with Crippen molar-refractivity contribution < 1.29 is 8.42 Å². The number of piperazine rings is 1. The molecule has 0 aromatic heterocycles. The van der Waals surface area contributed by atoms with Gasteiger partial charge in [-0.25, -0.2) is 8.42 Å². The zero-order valence-corrected chi connectivity index (χ0v) is 8.39. The Morgan fingerprint density at radius 1 is 1.58 bits per heavy atom. The standard InChI is InChI=1S/C7H16N2O2S/c1-3-12(10,11)7-6-9(2)5-4-8-7/h7-8H,3-6H2,1-2H3. The van der Waals surface area contributed by atoms with E-state index < -0.39 is 9.84 Å². The Morgan fingerprint density at radius 2 is 2.25 bits per heavy atom. The van der Waals surface area contributed by atoms with Crippen molar-refractivity contribution in [3.8, 4) is 0 Å². The van der Waals surface area contributed by atoms with Crippen LogP contribution in [0.2, 0.25) is 0 Å². The Kier molecular flexibility index (Phi) is 3.09. The van der Waals surface area contributed by atoms with Crippen LogP contribution in [0.1, 0.15) is 6.92 Å². The first-order valence-electron chi connectivity index (χ1n) is 4.19. The van der Waals surface area contributed by atoms with E-state index in [2.05, 4.69) is 5.32 Å². The summed E-state index contributed by atoms with van der Waals surface area (Å²) in [5.74, 6) is 0.221. The fourth-order valence-corrected chi connectivity index (χ4v) is 2.55. The molecular weight excluding hydrogens is 176 g/mol. The second kappa shape index (κ2) is 3.72. The van der Waals surface area contributed by atoms with E-state index in [0.717, 1.165) is 13.1 Å². The predicted octanol–water partition coefficient (Wildman–Crippen LogP) is -0.718. The van der Waals surface area contributed by atoms with E-state index in [1.807, 2.05) is 11.9 Å². The molecule has 1 aliphatic rings. The number of sulfone groups is 1. The smallest absolute Gasteiger partial charge is 0.167 e. The van der Waals surface area contributed by atoms with Gasteiger partial charge in [0.2, 0.25) is 0 Å². The highest BCUT2D eigenvalue weighted by Gasteiger charge is 2.26. The van der Waals surface area contributed by atoms with E-state index in [0.29, 0.717) is 6.54 Å². The second-order valence-electron chi connectivity index (χ2n) is 3.16. The number of nitrogens with one attached hydrogen (secondary N) is 1. The molecule has 1 heterocycles. The van der Waals surface area contributed by atoms with Gasteiger partial charge in [-0.15, -0.1) is 0 Å². The minimum absolute atomic E-state index is 0.221. The zero-order chi connectivity index (χ0) is 9.19. The van der Waals surface area contributed by atoms with Gasteiger partial charge in [0.05, 0.1) is 0 Å². The predicted molar refractivity (Wildman–Crippen MR) is 48.7 cm³/mol. The molecule has 0 aromatic rings. The van der Waals surface area contributed by atoms with Crippen LogP contribution < -0.4 is 5.32 Å². The molecule has 0 aliphatic carbocycles. The third-order valence-electron chi connectivity index (χ3n) is 2.18. The maximum absolute atomic E-state index is 11.4. The topological polar surface area (TPSA) is 49.4 Å². The Morgan fingerprint density at radius 3 is 2.75 bits per heavy atom. The van der Waals surface area contributed by atoms with E-state index in [4.69, 9.17) is 0 Å². The van der Waals surface area contributed by atoms with Gasteiger partial charge in [-0.05, 0) is 7.05 Å². The quantitative estimate of drug-likeness (QED) is 0.627. The average molecular weight is 192 g/mol. The van der Waals surface area contributed by atoms with Gasteiger partial charge in [0.25, 0.3) is 0 Å². The molecule has 1 N–H and O–H groups in total. The molecule has 72 valence electrons. The Hall–Kier alpha value is -0.130. The molecule has 4 nitrogen and oxygen atoms in total. The van der Waals surface area contributed by atoms with Gasteiger partial charge in [-0.1, -0.05) is 6.92 Å². The number of nitrogens with zero attached hydrogens (tertiary/aromatic N) is 1. The van der Waals surface area contributed by atoms with E-state index in [-0.39, 0.29) is 11.1 Å². The third-order valence-corrected chi connectivity index (χ3v) is 4.17. The molecule has 1 unspecified atom stereocenters. The van der Waals surface area contributed by atoms with Crippen LogP contribution in [-0.4, -0.2) is 51.1 Å². The summed E-state index contributed by atoms with van der Waals surface area (Å²) in [6.45, 7) is 3.98. The summed E-state index contributed by atoms with van der Waals surface area (Å²) >= 11 is 0. The molecule has 1 saturated heterocycles. The highest BCUT2D eigenvalue weighted by Crippen LogP contribution is 2.04. The molecule has 1 aliphatic heterocycles. The van der Waals surface area contributed by atoms with Crippen molar-refractivity contribution in [1.82, 2.24) is 10.2 Å². The van der Waals surface area contributed by atoms with Gasteiger partial charge in [0, 0.05) is 25.4 Å². The summed E-state index contributed by atoms with van der Waals surface area (Å²) < 4.78 is 22.8. The average Bonchev–Trinajstić information content (AvgIpc) is 2.05. The lowest BCUT2D eigenvalue weighted by atomic mass is 10.4. The van der Waals surface area contributed by atoms with E-state index in [1.54, 1.807) is 6.92 Å². The van der Waals surface area contributed by atoms with Crippen molar-refractivity contribution in [2.45, 2.75) is 12.3 Å². The zero-order valence-electron chi connectivity index (χ0n) is 7.58.